The Bertz CT molecular complexity index is 902. The van der Waals surface area contributed by atoms with E-state index in [1.807, 2.05) is 25.1 Å². The molecule has 1 unspecified atom stereocenters. The Morgan fingerprint density at radius 3 is 2.74 bits per heavy atom. The zero-order valence-electron chi connectivity index (χ0n) is 14.7. The van der Waals surface area contributed by atoms with Crippen molar-refractivity contribution < 1.29 is 13.9 Å². The molecule has 1 saturated heterocycles. The van der Waals surface area contributed by atoms with E-state index in [1.54, 1.807) is 30.4 Å². The van der Waals surface area contributed by atoms with Crippen molar-refractivity contribution in [1.82, 2.24) is 4.90 Å². The quantitative estimate of drug-likeness (QED) is 0.500. The van der Waals surface area contributed by atoms with Gasteiger partial charge in [0, 0.05) is 10.0 Å². The van der Waals surface area contributed by atoms with E-state index in [0.717, 1.165) is 15.6 Å². The molecule has 0 aromatic heterocycles. The predicted octanol–water partition coefficient (Wildman–Crippen LogP) is 4.45. The summed E-state index contributed by atoms with van der Waals surface area (Å²) in [4.78, 5) is 14.0. The minimum absolute atomic E-state index is 0.0432. The number of methoxy groups -OCH3 is 1. The molecule has 2 aromatic rings. The third kappa shape index (κ3) is 4.75. The summed E-state index contributed by atoms with van der Waals surface area (Å²) in [5.41, 5.74) is 1.59. The predicted molar refractivity (Wildman–Crippen MR) is 110 cm³/mol. The van der Waals surface area contributed by atoms with E-state index in [0.29, 0.717) is 17.5 Å². The standard InChI is InChI=1S/C19H17BrFN3O2S/c1-12-18(25)24(11-13-3-6-16(21)7-4-13)19(27-12)23-22-10-14-9-15(20)5-8-17(14)26-2/h3-10,12H,11H2,1-2H3. The number of amides is 1. The van der Waals surface area contributed by atoms with Gasteiger partial charge in [-0.2, -0.15) is 5.10 Å². The number of ether oxygens (including phenoxy) is 1. The van der Waals surface area contributed by atoms with Gasteiger partial charge in [0.15, 0.2) is 5.17 Å². The summed E-state index contributed by atoms with van der Waals surface area (Å²) in [5, 5.41) is 8.64. The molecule has 0 aliphatic carbocycles. The number of nitrogens with zero attached hydrogens (tertiary/aromatic N) is 3. The minimum atomic E-state index is -0.310. The lowest BCUT2D eigenvalue weighted by Crippen LogP contribution is -2.30. The van der Waals surface area contributed by atoms with Gasteiger partial charge in [0.05, 0.1) is 25.1 Å². The van der Waals surface area contributed by atoms with Gasteiger partial charge in [0.25, 0.3) is 0 Å². The van der Waals surface area contributed by atoms with Gasteiger partial charge in [-0.15, -0.1) is 5.10 Å². The van der Waals surface area contributed by atoms with Crippen LogP contribution in [0.3, 0.4) is 0 Å². The lowest BCUT2D eigenvalue weighted by atomic mass is 10.2. The molecule has 140 valence electrons. The van der Waals surface area contributed by atoms with Crippen LogP contribution in [0.4, 0.5) is 4.39 Å². The second-order valence-corrected chi connectivity index (χ2v) is 8.05. The molecule has 0 saturated carbocycles. The fourth-order valence-electron chi connectivity index (χ4n) is 2.53. The number of carbonyl (C=O) groups is 1. The van der Waals surface area contributed by atoms with E-state index < -0.39 is 0 Å². The smallest absolute Gasteiger partial charge is 0.242 e. The van der Waals surface area contributed by atoms with E-state index in [4.69, 9.17) is 4.74 Å². The number of amidine groups is 1. The van der Waals surface area contributed by atoms with Crippen LogP contribution >= 0.6 is 27.7 Å². The molecule has 1 amide bonds. The number of thioether (sulfide) groups is 1. The first-order valence-electron chi connectivity index (χ1n) is 8.15. The Kier molecular flexibility index (Phi) is 6.28. The van der Waals surface area contributed by atoms with Crippen molar-refractivity contribution in [3.05, 3.63) is 63.9 Å². The maximum Gasteiger partial charge on any atom is 0.242 e. The molecule has 3 rings (SSSR count). The van der Waals surface area contributed by atoms with E-state index in [9.17, 15) is 9.18 Å². The molecule has 0 N–H and O–H groups in total. The second-order valence-electron chi connectivity index (χ2n) is 5.82. The fraction of sp³-hybridized carbons (Fsp3) is 0.211. The van der Waals surface area contributed by atoms with Gasteiger partial charge in [-0.25, -0.2) is 4.39 Å². The van der Waals surface area contributed by atoms with Crippen molar-refractivity contribution in [2.45, 2.75) is 18.7 Å². The van der Waals surface area contributed by atoms with Crippen molar-refractivity contribution in [2.75, 3.05) is 7.11 Å². The van der Waals surface area contributed by atoms with Crippen LogP contribution in [-0.2, 0) is 11.3 Å². The van der Waals surface area contributed by atoms with Gasteiger partial charge in [0.1, 0.15) is 11.6 Å². The Morgan fingerprint density at radius 1 is 1.30 bits per heavy atom. The van der Waals surface area contributed by atoms with Crippen molar-refractivity contribution in [1.29, 1.82) is 0 Å². The molecule has 1 heterocycles. The summed E-state index contributed by atoms with van der Waals surface area (Å²) in [5.74, 6) is 0.322. The Morgan fingerprint density at radius 2 is 2.04 bits per heavy atom. The Hall–Kier alpha value is -2.19. The van der Waals surface area contributed by atoms with Crippen LogP contribution in [-0.4, -0.2) is 34.5 Å². The van der Waals surface area contributed by atoms with Crippen LogP contribution in [0.25, 0.3) is 0 Å². The van der Waals surface area contributed by atoms with Crippen LogP contribution in [0.2, 0.25) is 0 Å². The topological polar surface area (TPSA) is 54.3 Å². The third-order valence-corrected chi connectivity index (χ3v) is 5.47. The van der Waals surface area contributed by atoms with Crippen molar-refractivity contribution in [2.24, 2.45) is 10.2 Å². The van der Waals surface area contributed by atoms with Gasteiger partial charge in [-0.3, -0.25) is 9.69 Å². The van der Waals surface area contributed by atoms with E-state index in [1.165, 1.54) is 23.9 Å². The molecule has 0 bridgehead atoms. The van der Waals surface area contributed by atoms with Crippen LogP contribution < -0.4 is 4.74 Å². The summed E-state index contributed by atoms with van der Waals surface area (Å²) in [6, 6.07) is 11.6. The van der Waals surface area contributed by atoms with E-state index in [2.05, 4.69) is 26.1 Å². The normalized spacial score (nSPS) is 18.7. The number of rotatable bonds is 5. The molecular formula is C19H17BrFN3O2S. The highest BCUT2D eigenvalue weighted by Gasteiger charge is 2.35. The Labute approximate surface area is 169 Å². The van der Waals surface area contributed by atoms with Gasteiger partial charge >= 0.3 is 0 Å². The van der Waals surface area contributed by atoms with Crippen LogP contribution in [0, 0.1) is 5.82 Å². The zero-order chi connectivity index (χ0) is 19.4. The SMILES string of the molecule is COc1ccc(Br)cc1C=NN=C1SC(C)C(=O)N1Cc1ccc(F)cc1. The first-order chi connectivity index (χ1) is 13.0. The van der Waals surface area contributed by atoms with E-state index >= 15 is 0 Å². The largest absolute Gasteiger partial charge is 0.496 e. The molecular weight excluding hydrogens is 433 g/mol. The highest BCUT2D eigenvalue weighted by atomic mass is 79.9. The van der Waals surface area contributed by atoms with Crippen molar-refractivity contribution in [3.63, 3.8) is 0 Å². The molecule has 1 aliphatic rings. The fourth-order valence-corrected chi connectivity index (χ4v) is 3.83. The molecule has 27 heavy (non-hydrogen) atoms. The number of halogens is 2. The number of carbonyl (C=O) groups excluding carboxylic acids is 1. The van der Waals surface area contributed by atoms with Gasteiger partial charge in [0.2, 0.25) is 5.91 Å². The third-order valence-electron chi connectivity index (χ3n) is 3.91. The molecule has 8 heteroatoms. The summed E-state index contributed by atoms with van der Waals surface area (Å²) >= 11 is 4.76. The summed E-state index contributed by atoms with van der Waals surface area (Å²) in [6.07, 6.45) is 1.58. The van der Waals surface area contributed by atoms with E-state index in [-0.39, 0.29) is 17.0 Å². The van der Waals surface area contributed by atoms with Crippen molar-refractivity contribution in [3.8, 4) is 5.75 Å². The highest BCUT2D eigenvalue weighted by molar-refractivity contribution is 9.10. The lowest BCUT2D eigenvalue weighted by Gasteiger charge is -2.15. The lowest BCUT2D eigenvalue weighted by molar-refractivity contribution is -0.126. The summed E-state index contributed by atoms with van der Waals surface area (Å²) in [6.45, 7) is 2.15. The zero-order valence-corrected chi connectivity index (χ0v) is 17.1. The van der Waals surface area contributed by atoms with Gasteiger partial charge in [-0.1, -0.05) is 39.8 Å². The maximum atomic E-state index is 13.1. The summed E-state index contributed by atoms with van der Waals surface area (Å²) < 4.78 is 19.3. The average Bonchev–Trinajstić information content (AvgIpc) is 2.91. The molecule has 0 spiro atoms. The summed E-state index contributed by atoms with van der Waals surface area (Å²) in [7, 11) is 1.59. The van der Waals surface area contributed by atoms with Gasteiger partial charge < -0.3 is 4.74 Å². The maximum absolute atomic E-state index is 13.1. The molecule has 1 aliphatic heterocycles. The molecule has 2 aromatic carbocycles. The second kappa shape index (κ2) is 8.67. The first kappa shape index (κ1) is 19.6. The minimum Gasteiger partial charge on any atom is -0.496 e. The molecule has 5 nitrogen and oxygen atoms in total. The van der Waals surface area contributed by atoms with Crippen LogP contribution in [0.15, 0.2) is 57.1 Å². The van der Waals surface area contributed by atoms with Crippen LogP contribution in [0.1, 0.15) is 18.1 Å². The average molecular weight is 450 g/mol. The van der Waals surface area contributed by atoms with Crippen molar-refractivity contribution >= 4 is 45.0 Å². The molecule has 1 fully saturated rings. The number of hydrogen-bond acceptors (Lipinski definition) is 5. The monoisotopic (exact) mass is 449 g/mol. The van der Waals surface area contributed by atoms with Crippen LogP contribution in [0.5, 0.6) is 5.75 Å². The number of hydrogen-bond donors (Lipinski definition) is 0. The molecule has 0 radical (unpaired) electrons. The highest BCUT2D eigenvalue weighted by Crippen LogP contribution is 2.28. The van der Waals surface area contributed by atoms with Gasteiger partial charge in [-0.05, 0) is 42.8 Å². The first-order valence-corrected chi connectivity index (χ1v) is 9.82. The number of benzene rings is 2. The molecule has 1 atom stereocenters. The Balaban J connectivity index is 1.81.